The van der Waals surface area contributed by atoms with E-state index in [1.807, 2.05) is 34.0 Å². The quantitative estimate of drug-likeness (QED) is 0.769. The van der Waals surface area contributed by atoms with Crippen molar-refractivity contribution in [2.24, 2.45) is 0 Å². The smallest absolute Gasteiger partial charge is 0.328 e. The van der Waals surface area contributed by atoms with E-state index in [0.29, 0.717) is 6.61 Å². The maximum absolute atomic E-state index is 12.0. The van der Waals surface area contributed by atoms with Gasteiger partial charge in [0.2, 0.25) is 0 Å². The second-order valence-corrected chi connectivity index (χ2v) is 6.64. The van der Waals surface area contributed by atoms with Crippen LogP contribution in [0.1, 0.15) is 22.7 Å². The van der Waals surface area contributed by atoms with Crippen LogP contribution in [0, 0.1) is 6.92 Å². The summed E-state index contributed by atoms with van der Waals surface area (Å²) in [5.74, 6) is -0.213. The number of nitrogens with zero attached hydrogens (tertiary/aromatic N) is 1. The first-order valence-electron chi connectivity index (χ1n) is 6.26. The molecule has 0 fully saturated rings. The van der Waals surface area contributed by atoms with Crippen molar-refractivity contribution in [3.05, 3.63) is 20.3 Å². The van der Waals surface area contributed by atoms with Crippen molar-refractivity contribution in [1.82, 2.24) is 10.2 Å². The van der Waals surface area contributed by atoms with Gasteiger partial charge in [-0.2, -0.15) is 0 Å². The van der Waals surface area contributed by atoms with E-state index in [1.54, 1.807) is 11.3 Å². The highest BCUT2D eigenvalue weighted by Gasteiger charge is 2.23. The van der Waals surface area contributed by atoms with E-state index >= 15 is 0 Å². The van der Waals surface area contributed by atoms with Crippen LogP contribution in [0.4, 0.5) is 0 Å². The molecule has 1 aromatic rings. The topological polar surface area (TPSA) is 41.6 Å². The first-order chi connectivity index (χ1) is 8.95. The Morgan fingerprint density at radius 3 is 2.74 bits per heavy atom. The standard InChI is InChI=1S/C13H21BrN2O2S/c1-5-18-13(17)12(15-6-7-16(3)4)11-8-10(14)9(2)19-11/h8,12,15H,5-7H2,1-4H3. The fourth-order valence-corrected chi connectivity index (χ4v) is 3.21. The Labute approximate surface area is 127 Å². The zero-order valence-electron chi connectivity index (χ0n) is 11.8. The van der Waals surface area contributed by atoms with E-state index in [1.165, 1.54) is 4.88 Å². The van der Waals surface area contributed by atoms with Gasteiger partial charge < -0.3 is 9.64 Å². The van der Waals surface area contributed by atoms with Gasteiger partial charge in [-0.1, -0.05) is 0 Å². The van der Waals surface area contributed by atoms with Crippen molar-refractivity contribution in [2.75, 3.05) is 33.8 Å². The number of halogens is 1. The molecule has 0 aromatic carbocycles. The second kappa shape index (κ2) is 7.99. The van der Waals surface area contributed by atoms with E-state index in [4.69, 9.17) is 4.74 Å². The molecule has 0 saturated heterocycles. The van der Waals surface area contributed by atoms with Gasteiger partial charge in [-0.15, -0.1) is 11.3 Å². The minimum atomic E-state index is -0.380. The summed E-state index contributed by atoms with van der Waals surface area (Å²) in [4.78, 5) is 16.3. The minimum absolute atomic E-state index is 0.213. The minimum Gasteiger partial charge on any atom is -0.465 e. The number of rotatable bonds is 7. The largest absolute Gasteiger partial charge is 0.465 e. The molecule has 1 unspecified atom stereocenters. The molecule has 0 aliphatic rings. The van der Waals surface area contributed by atoms with Gasteiger partial charge in [0.1, 0.15) is 6.04 Å². The zero-order chi connectivity index (χ0) is 14.4. The summed E-state index contributed by atoms with van der Waals surface area (Å²) in [6, 6.07) is 1.61. The fourth-order valence-electron chi connectivity index (χ4n) is 1.58. The summed E-state index contributed by atoms with van der Waals surface area (Å²) in [7, 11) is 4.01. The fraction of sp³-hybridized carbons (Fsp3) is 0.615. The molecular formula is C13H21BrN2O2S. The molecule has 19 heavy (non-hydrogen) atoms. The Hall–Kier alpha value is -0.430. The van der Waals surface area contributed by atoms with Crippen molar-refractivity contribution < 1.29 is 9.53 Å². The monoisotopic (exact) mass is 348 g/mol. The average Bonchev–Trinajstić information content (AvgIpc) is 2.64. The lowest BCUT2D eigenvalue weighted by Crippen LogP contribution is -2.34. The molecule has 1 aromatic heterocycles. The van der Waals surface area contributed by atoms with Crippen LogP contribution in [-0.2, 0) is 9.53 Å². The van der Waals surface area contributed by atoms with E-state index in [9.17, 15) is 4.79 Å². The summed E-state index contributed by atoms with van der Waals surface area (Å²) in [5, 5.41) is 3.27. The molecule has 0 radical (unpaired) electrons. The van der Waals surface area contributed by atoms with Gasteiger partial charge in [0.25, 0.3) is 0 Å². The Bertz CT molecular complexity index is 401. The maximum Gasteiger partial charge on any atom is 0.328 e. The molecule has 1 rings (SSSR count). The van der Waals surface area contributed by atoms with Crippen molar-refractivity contribution in [3.63, 3.8) is 0 Å². The Kier molecular flexibility index (Phi) is 6.99. The van der Waals surface area contributed by atoms with Gasteiger partial charge >= 0.3 is 5.97 Å². The third-order valence-electron chi connectivity index (χ3n) is 2.59. The first-order valence-corrected chi connectivity index (χ1v) is 7.87. The molecule has 1 atom stereocenters. The molecule has 0 saturated carbocycles. The van der Waals surface area contributed by atoms with Crippen molar-refractivity contribution in [1.29, 1.82) is 0 Å². The normalized spacial score (nSPS) is 12.7. The number of aryl methyl sites for hydroxylation is 1. The SMILES string of the molecule is CCOC(=O)C(NCCN(C)C)c1cc(Br)c(C)s1. The van der Waals surface area contributed by atoms with Crippen LogP contribution >= 0.6 is 27.3 Å². The molecule has 0 bridgehead atoms. The molecular weight excluding hydrogens is 328 g/mol. The molecule has 0 aliphatic heterocycles. The lowest BCUT2D eigenvalue weighted by atomic mass is 10.2. The highest BCUT2D eigenvalue weighted by Crippen LogP contribution is 2.31. The van der Waals surface area contributed by atoms with Crippen LogP contribution in [0.2, 0.25) is 0 Å². The highest BCUT2D eigenvalue weighted by molar-refractivity contribution is 9.10. The molecule has 1 N–H and O–H groups in total. The highest BCUT2D eigenvalue weighted by atomic mass is 79.9. The number of hydrogen-bond donors (Lipinski definition) is 1. The van der Waals surface area contributed by atoms with E-state index < -0.39 is 0 Å². The van der Waals surface area contributed by atoms with Crippen LogP contribution < -0.4 is 5.32 Å². The molecule has 0 aliphatic carbocycles. The number of hydrogen-bond acceptors (Lipinski definition) is 5. The number of ether oxygens (including phenoxy) is 1. The molecule has 6 heteroatoms. The predicted molar refractivity (Wildman–Crippen MR) is 82.7 cm³/mol. The van der Waals surface area contributed by atoms with Crippen LogP contribution in [0.15, 0.2) is 10.5 Å². The summed E-state index contributed by atoms with van der Waals surface area (Å²) >= 11 is 5.10. The summed E-state index contributed by atoms with van der Waals surface area (Å²) in [5.41, 5.74) is 0. The van der Waals surface area contributed by atoms with Gasteiger partial charge in [-0.3, -0.25) is 5.32 Å². The van der Waals surface area contributed by atoms with Gasteiger partial charge in [-0.05, 0) is 49.9 Å². The number of carbonyl (C=O) groups is 1. The molecule has 0 spiro atoms. The summed E-state index contributed by atoms with van der Waals surface area (Å²) in [6.07, 6.45) is 0. The van der Waals surface area contributed by atoms with Gasteiger partial charge in [0, 0.05) is 27.3 Å². The lowest BCUT2D eigenvalue weighted by Gasteiger charge is -2.17. The van der Waals surface area contributed by atoms with Crippen molar-refractivity contribution in [2.45, 2.75) is 19.9 Å². The number of thiophene rings is 1. The maximum atomic E-state index is 12.0. The first kappa shape index (κ1) is 16.6. The Morgan fingerprint density at radius 2 is 2.26 bits per heavy atom. The Balaban J connectivity index is 2.76. The van der Waals surface area contributed by atoms with Gasteiger partial charge in [0.15, 0.2) is 0 Å². The van der Waals surface area contributed by atoms with Crippen LogP contribution in [0.25, 0.3) is 0 Å². The van der Waals surface area contributed by atoms with E-state index in [2.05, 4.69) is 26.1 Å². The van der Waals surface area contributed by atoms with Crippen LogP contribution in [0.5, 0.6) is 0 Å². The van der Waals surface area contributed by atoms with Gasteiger partial charge in [-0.25, -0.2) is 4.79 Å². The van der Waals surface area contributed by atoms with Crippen molar-refractivity contribution in [3.8, 4) is 0 Å². The second-order valence-electron chi connectivity index (χ2n) is 4.50. The summed E-state index contributed by atoms with van der Waals surface area (Å²) in [6.45, 7) is 5.87. The Morgan fingerprint density at radius 1 is 1.58 bits per heavy atom. The number of esters is 1. The molecule has 108 valence electrons. The van der Waals surface area contributed by atoms with Crippen LogP contribution in [-0.4, -0.2) is 44.7 Å². The lowest BCUT2D eigenvalue weighted by molar-refractivity contribution is -0.145. The molecule has 4 nitrogen and oxygen atoms in total. The van der Waals surface area contributed by atoms with E-state index in [-0.39, 0.29) is 12.0 Å². The average molecular weight is 349 g/mol. The van der Waals surface area contributed by atoms with Gasteiger partial charge in [0.05, 0.1) is 6.61 Å². The van der Waals surface area contributed by atoms with Crippen LogP contribution in [0.3, 0.4) is 0 Å². The molecule has 1 heterocycles. The third-order valence-corrected chi connectivity index (χ3v) is 4.79. The summed E-state index contributed by atoms with van der Waals surface area (Å²) < 4.78 is 6.18. The number of carbonyl (C=O) groups excluding carboxylic acids is 1. The molecule has 0 amide bonds. The number of nitrogens with one attached hydrogen (secondary N) is 1. The zero-order valence-corrected chi connectivity index (χ0v) is 14.2. The predicted octanol–water partition coefficient (Wildman–Crippen LogP) is 2.57. The number of likely N-dealkylation sites (N-methyl/N-ethyl adjacent to an activating group) is 1. The van der Waals surface area contributed by atoms with Crippen molar-refractivity contribution >= 4 is 33.2 Å². The third kappa shape index (κ3) is 5.22. The van der Waals surface area contributed by atoms with E-state index in [0.717, 1.165) is 22.4 Å².